The van der Waals surface area contributed by atoms with Crippen molar-refractivity contribution in [2.24, 2.45) is 0 Å². The standard InChI is InChI=1S/C27H28ClF2N5O5S/c1-4-17-21(29)13-32-27(38-3)25(17)41(36,37)34-22-9-8-20(28)19(24(22)30)14-40-16-11-18-15(2)33-35(26(18)31-12-16)23-7-5-6-10-39-23/h8-9,11-13,23,34H,4-7,10,14H2,1-3H3. The molecule has 1 fully saturated rings. The number of pyridine rings is 2. The zero-order valence-corrected chi connectivity index (χ0v) is 24.2. The molecule has 4 aromatic rings. The van der Waals surface area contributed by atoms with Crippen LogP contribution in [0.3, 0.4) is 0 Å². The predicted octanol–water partition coefficient (Wildman–Crippen LogP) is 5.72. The van der Waals surface area contributed by atoms with Crippen molar-refractivity contribution in [1.82, 2.24) is 19.7 Å². The van der Waals surface area contributed by atoms with Gasteiger partial charge in [-0.25, -0.2) is 31.8 Å². The molecule has 0 radical (unpaired) electrons. The van der Waals surface area contributed by atoms with Crippen LogP contribution < -0.4 is 14.2 Å². The van der Waals surface area contributed by atoms with Gasteiger partial charge in [0.2, 0.25) is 5.88 Å². The van der Waals surface area contributed by atoms with Crippen molar-refractivity contribution in [3.8, 4) is 11.6 Å². The highest BCUT2D eigenvalue weighted by molar-refractivity contribution is 7.92. The molecular weight excluding hydrogens is 580 g/mol. The minimum Gasteiger partial charge on any atom is -0.487 e. The molecule has 1 N–H and O–H groups in total. The number of aryl methyl sites for hydroxylation is 1. The van der Waals surface area contributed by atoms with Crippen LogP contribution in [0.25, 0.3) is 11.0 Å². The maximum Gasteiger partial charge on any atom is 0.267 e. The summed E-state index contributed by atoms with van der Waals surface area (Å²) in [6.45, 7) is 3.78. The van der Waals surface area contributed by atoms with E-state index in [1.54, 1.807) is 17.7 Å². The number of hydrogen-bond acceptors (Lipinski definition) is 8. The first-order valence-corrected chi connectivity index (χ1v) is 14.8. The molecule has 1 aromatic carbocycles. The summed E-state index contributed by atoms with van der Waals surface area (Å²) in [6, 6.07) is 4.25. The van der Waals surface area contributed by atoms with E-state index in [2.05, 4.69) is 19.8 Å². The number of halogens is 3. The van der Waals surface area contributed by atoms with Gasteiger partial charge in [-0.2, -0.15) is 5.10 Å². The number of rotatable bonds is 9. The monoisotopic (exact) mass is 607 g/mol. The van der Waals surface area contributed by atoms with Gasteiger partial charge in [0.1, 0.15) is 18.2 Å². The van der Waals surface area contributed by atoms with Crippen molar-refractivity contribution in [3.05, 3.63) is 64.1 Å². The van der Waals surface area contributed by atoms with Gasteiger partial charge in [0.15, 0.2) is 22.6 Å². The third-order valence-corrected chi connectivity index (χ3v) is 8.62. The summed E-state index contributed by atoms with van der Waals surface area (Å²) in [7, 11) is -3.30. The molecule has 14 heteroatoms. The first-order chi connectivity index (χ1) is 19.6. The van der Waals surface area contributed by atoms with Gasteiger partial charge < -0.3 is 14.2 Å². The minimum absolute atomic E-state index is 0.0252. The molecule has 0 spiro atoms. The van der Waals surface area contributed by atoms with E-state index in [0.717, 1.165) is 36.5 Å². The largest absolute Gasteiger partial charge is 0.487 e. The van der Waals surface area contributed by atoms with Crippen LogP contribution in [-0.2, 0) is 27.8 Å². The SMILES string of the molecule is CCc1c(F)cnc(OC)c1S(=O)(=O)Nc1ccc(Cl)c(COc2cnc3c(c2)c(C)nn3C2CCCCO2)c1F. The van der Waals surface area contributed by atoms with E-state index in [4.69, 9.17) is 25.8 Å². The lowest BCUT2D eigenvalue weighted by atomic mass is 10.2. The van der Waals surface area contributed by atoms with Crippen molar-refractivity contribution in [2.75, 3.05) is 18.4 Å². The summed E-state index contributed by atoms with van der Waals surface area (Å²) in [5, 5.41) is 5.38. The molecule has 1 saturated heterocycles. The van der Waals surface area contributed by atoms with Crippen LogP contribution in [-0.4, -0.2) is 41.9 Å². The molecule has 0 saturated carbocycles. The number of hydrogen-bond donors (Lipinski definition) is 1. The topological polar surface area (TPSA) is 117 Å². The highest BCUT2D eigenvalue weighted by Gasteiger charge is 2.29. The Morgan fingerprint density at radius 3 is 2.71 bits per heavy atom. The molecule has 1 unspecified atom stereocenters. The third-order valence-electron chi connectivity index (χ3n) is 6.82. The molecule has 5 rings (SSSR count). The van der Waals surface area contributed by atoms with E-state index in [-0.39, 0.29) is 41.3 Å². The number of benzene rings is 1. The number of sulfonamides is 1. The van der Waals surface area contributed by atoms with E-state index >= 15 is 4.39 Å². The zero-order chi connectivity index (χ0) is 29.3. The first kappa shape index (κ1) is 29.0. The van der Waals surface area contributed by atoms with Crippen molar-refractivity contribution in [3.63, 3.8) is 0 Å². The molecule has 0 amide bonds. The molecule has 1 aliphatic heterocycles. The van der Waals surface area contributed by atoms with Crippen LogP contribution in [0.2, 0.25) is 5.02 Å². The fraction of sp³-hybridized carbons (Fsp3) is 0.370. The number of methoxy groups -OCH3 is 1. The lowest BCUT2D eigenvalue weighted by Crippen LogP contribution is -2.19. The number of fused-ring (bicyclic) bond motifs is 1. The summed E-state index contributed by atoms with van der Waals surface area (Å²) < 4.78 is 77.2. The Bertz CT molecular complexity index is 1710. The third kappa shape index (κ3) is 5.66. The minimum atomic E-state index is -4.51. The molecule has 0 aliphatic carbocycles. The van der Waals surface area contributed by atoms with E-state index < -0.39 is 32.2 Å². The Morgan fingerprint density at radius 2 is 2.00 bits per heavy atom. The van der Waals surface area contributed by atoms with Crippen molar-refractivity contribution in [2.45, 2.75) is 57.3 Å². The summed E-state index contributed by atoms with van der Waals surface area (Å²) in [4.78, 5) is 7.71. The maximum absolute atomic E-state index is 15.6. The van der Waals surface area contributed by atoms with E-state index in [9.17, 15) is 12.8 Å². The van der Waals surface area contributed by atoms with Gasteiger partial charge in [-0.05, 0) is 50.8 Å². The van der Waals surface area contributed by atoms with Crippen molar-refractivity contribution >= 4 is 38.3 Å². The second kappa shape index (κ2) is 11.7. The fourth-order valence-electron chi connectivity index (χ4n) is 4.75. The molecule has 218 valence electrons. The quantitative estimate of drug-likeness (QED) is 0.257. The van der Waals surface area contributed by atoms with E-state index in [0.29, 0.717) is 18.0 Å². The molecule has 1 atom stereocenters. The second-order valence-corrected chi connectivity index (χ2v) is 11.5. The van der Waals surface area contributed by atoms with Crippen LogP contribution >= 0.6 is 11.6 Å². The summed E-state index contributed by atoms with van der Waals surface area (Å²) in [6.07, 6.45) is 5.12. The Hall–Kier alpha value is -3.55. The highest BCUT2D eigenvalue weighted by Crippen LogP contribution is 2.33. The number of aromatic nitrogens is 4. The van der Waals surface area contributed by atoms with E-state index in [1.165, 1.54) is 25.4 Å². The second-order valence-electron chi connectivity index (χ2n) is 9.45. The molecule has 0 bridgehead atoms. The Morgan fingerprint density at radius 1 is 1.20 bits per heavy atom. The molecule has 41 heavy (non-hydrogen) atoms. The van der Waals surface area contributed by atoms with Crippen LogP contribution in [0.1, 0.15) is 49.2 Å². The first-order valence-electron chi connectivity index (χ1n) is 12.9. The normalized spacial score (nSPS) is 15.7. The van der Waals surface area contributed by atoms with Crippen LogP contribution in [0.4, 0.5) is 14.5 Å². The summed E-state index contributed by atoms with van der Waals surface area (Å²) >= 11 is 6.26. The predicted molar refractivity (Wildman–Crippen MR) is 148 cm³/mol. The average molecular weight is 608 g/mol. The highest BCUT2D eigenvalue weighted by atomic mass is 35.5. The van der Waals surface area contributed by atoms with Gasteiger partial charge in [-0.3, -0.25) is 4.72 Å². The van der Waals surface area contributed by atoms with Gasteiger partial charge in [-0.1, -0.05) is 18.5 Å². The lowest BCUT2D eigenvalue weighted by Gasteiger charge is -2.23. The van der Waals surface area contributed by atoms with Crippen molar-refractivity contribution < 1.29 is 31.4 Å². The molecule has 4 heterocycles. The lowest BCUT2D eigenvalue weighted by molar-refractivity contribution is -0.0371. The average Bonchev–Trinajstić information content (AvgIpc) is 3.30. The Balaban J connectivity index is 1.40. The van der Waals surface area contributed by atoms with Crippen molar-refractivity contribution in [1.29, 1.82) is 0 Å². The van der Waals surface area contributed by atoms with Crippen LogP contribution in [0.15, 0.2) is 35.5 Å². The van der Waals surface area contributed by atoms with Crippen LogP contribution in [0, 0.1) is 18.6 Å². The number of nitrogens with zero attached hydrogens (tertiary/aromatic N) is 4. The van der Waals surface area contributed by atoms with Gasteiger partial charge in [0.25, 0.3) is 10.0 Å². The maximum atomic E-state index is 15.6. The zero-order valence-electron chi connectivity index (χ0n) is 22.6. The van der Waals surface area contributed by atoms with Gasteiger partial charge in [-0.15, -0.1) is 0 Å². The van der Waals surface area contributed by atoms with E-state index in [1.807, 2.05) is 6.92 Å². The Labute approximate surface area is 240 Å². The van der Waals surface area contributed by atoms with Gasteiger partial charge in [0, 0.05) is 23.1 Å². The molecule has 10 nitrogen and oxygen atoms in total. The Kier molecular flexibility index (Phi) is 8.30. The number of ether oxygens (including phenoxy) is 3. The molecule has 1 aliphatic rings. The van der Waals surface area contributed by atoms with Crippen LogP contribution in [0.5, 0.6) is 11.6 Å². The summed E-state index contributed by atoms with van der Waals surface area (Å²) in [5.41, 5.74) is 0.756. The summed E-state index contributed by atoms with van der Waals surface area (Å²) in [5.74, 6) is -1.74. The smallest absolute Gasteiger partial charge is 0.267 e. The molecular formula is C27H28ClF2N5O5S. The van der Waals surface area contributed by atoms with Gasteiger partial charge in [0.05, 0.1) is 35.9 Å². The molecule has 3 aromatic heterocycles. The number of anilines is 1. The fourth-order valence-corrected chi connectivity index (χ4v) is 6.43. The number of nitrogens with one attached hydrogen (secondary N) is 1. The van der Waals surface area contributed by atoms with Gasteiger partial charge >= 0.3 is 0 Å².